The number of imidazole rings is 1. The van der Waals surface area contributed by atoms with Gasteiger partial charge in [-0.05, 0) is 86.2 Å². The number of carboxylic acid groups (broad SMARTS) is 1. The summed E-state index contributed by atoms with van der Waals surface area (Å²) in [5, 5.41) is 19.1. The topological polar surface area (TPSA) is 126 Å². The first kappa shape index (κ1) is 38.6. The second-order valence-electron chi connectivity index (χ2n) is 11.1. The van der Waals surface area contributed by atoms with Gasteiger partial charge in [-0.25, -0.2) is 9.37 Å². The largest absolute Gasteiger partial charge is 0.483 e. The number of halogens is 4. The van der Waals surface area contributed by atoms with Gasteiger partial charge < -0.3 is 24.8 Å². The van der Waals surface area contributed by atoms with E-state index in [1.54, 1.807) is 7.05 Å². The van der Waals surface area contributed by atoms with Gasteiger partial charge in [0.1, 0.15) is 27.3 Å². The number of nitrogens with one attached hydrogen (secondary N) is 2. The van der Waals surface area contributed by atoms with Gasteiger partial charge in [-0.2, -0.15) is 13.2 Å². The van der Waals surface area contributed by atoms with Gasteiger partial charge in [0.05, 0.1) is 34.0 Å². The molecule has 0 spiro atoms. The van der Waals surface area contributed by atoms with E-state index in [2.05, 4.69) is 27.8 Å². The Hall–Kier alpha value is -3.85. The van der Waals surface area contributed by atoms with E-state index in [0.717, 1.165) is 39.6 Å². The number of fused-ring (bicyclic) bond motifs is 1. The standard InChI is InChI=1S/C30H27B2F4N3O3.CH5NS.CH2O2/c1-16-37-26-14-19(7-10-27(26)39(16)2)17-3-5-18(6-4-17)20-11-21(13-23(12-20)42-30(31,32)41)28(40)38-25-9-8-22(15-24(25)33)29(34,35)36;1-2-3;2-1-3/h3-10,14-15,20-21,23,41H,11-13H2,1-2H3,(H,38,40);2-3H,1H3;1H,(H,2,3). The first-order valence-electron chi connectivity index (χ1n) is 14.6. The summed E-state index contributed by atoms with van der Waals surface area (Å²) in [6, 6.07) is 15.8. The van der Waals surface area contributed by atoms with Crippen molar-refractivity contribution in [2.24, 2.45) is 13.0 Å². The number of carbonyl (C=O) groups excluding carboxylic acids is 1. The number of hydrogen-bond acceptors (Lipinski definition) is 7. The van der Waals surface area contributed by atoms with E-state index >= 15 is 0 Å². The quantitative estimate of drug-likeness (QED) is 0.0614. The van der Waals surface area contributed by atoms with Crippen molar-refractivity contribution in [1.82, 2.24) is 14.3 Å². The maximum Gasteiger partial charge on any atom is 0.416 e. The minimum absolute atomic E-state index is 0.114. The highest BCUT2D eigenvalue weighted by Crippen LogP contribution is 2.40. The summed E-state index contributed by atoms with van der Waals surface area (Å²) in [5.74, 6) is -1.83. The van der Waals surface area contributed by atoms with Gasteiger partial charge in [-0.3, -0.25) is 14.3 Å². The van der Waals surface area contributed by atoms with Crippen molar-refractivity contribution in [2.75, 3.05) is 12.4 Å². The Bertz CT molecular complexity index is 1700. The molecule has 3 unspecified atom stereocenters. The van der Waals surface area contributed by atoms with Gasteiger partial charge in [-0.15, -0.1) is 0 Å². The van der Waals surface area contributed by atoms with Crippen LogP contribution < -0.4 is 10.0 Å². The summed E-state index contributed by atoms with van der Waals surface area (Å²) < 4.78 is 63.1. The zero-order valence-corrected chi connectivity index (χ0v) is 27.2. The van der Waals surface area contributed by atoms with Crippen LogP contribution in [0.1, 0.15) is 42.1 Å². The van der Waals surface area contributed by atoms with Gasteiger partial charge in [0.25, 0.3) is 6.47 Å². The average molecular weight is 684 g/mol. The number of anilines is 1. The van der Waals surface area contributed by atoms with Gasteiger partial charge in [-0.1, -0.05) is 43.1 Å². The minimum atomic E-state index is -4.72. The molecule has 3 atom stereocenters. The number of ether oxygens (including phenoxy) is 1. The predicted octanol–water partition coefficient (Wildman–Crippen LogP) is 5.31. The molecule has 5 rings (SSSR count). The normalized spacial score (nSPS) is 17.8. The molecular weight excluding hydrogens is 650 g/mol. The molecule has 4 N–H and O–H groups in total. The maximum absolute atomic E-state index is 14.4. The molecule has 4 radical (unpaired) electrons. The zero-order chi connectivity index (χ0) is 35.8. The third kappa shape index (κ3) is 10.3. The van der Waals surface area contributed by atoms with Crippen LogP contribution in [0.2, 0.25) is 0 Å². The molecular formula is C32H34B2F4N4O5S. The van der Waals surface area contributed by atoms with Crippen LogP contribution >= 0.6 is 12.8 Å². The maximum atomic E-state index is 14.4. The van der Waals surface area contributed by atoms with Gasteiger partial charge >= 0.3 is 6.18 Å². The highest BCUT2D eigenvalue weighted by molar-refractivity contribution is 7.78. The number of benzene rings is 3. The molecule has 0 bridgehead atoms. The number of hydrogen-bond donors (Lipinski definition) is 5. The Balaban J connectivity index is 0.000000969. The van der Waals surface area contributed by atoms with E-state index in [0.29, 0.717) is 25.0 Å². The van der Waals surface area contributed by atoms with E-state index in [-0.39, 0.29) is 24.5 Å². The fourth-order valence-electron chi connectivity index (χ4n) is 5.59. The molecule has 1 aliphatic carbocycles. The van der Waals surface area contributed by atoms with Crippen LogP contribution in [0, 0.1) is 18.7 Å². The number of alkyl halides is 3. The van der Waals surface area contributed by atoms with E-state index in [4.69, 9.17) is 30.3 Å². The van der Waals surface area contributed by atoms with E-state index in [1.807, 2.05) is 61.0 Å². The number of aliphatic hydroxyl groups is 1. The SMILES string of the molecule is CNS.O=CO.[B]C([B])(O)OC1CC(C(=O)Nc2ccc(C(F)(F)F)cc2F)CC(c2ccc(-c3ccc4c(c3)nc(C)n4C)cc2)C1. The Morgan fingerprint density at radius 3 is 2.23 bits per heavy atom. The summed E-state index contributed by atoms with van der Waals surface area (Å²) in [7, 11) is 14.6. The molecule has 1 amide bonds. The molecule has 1 aromatic heterocycles. The number of rotatable bonds is 6. The molecule has 48 heavy (non-hydrogen) atoms. The second kappa shape index (κ2) is 16.5. The lowest BCUT2D eigenvalue weighted by Gasteiger charge is -2.37. The molecule has 9 nitrogen and oxygen atoms in total. The summed E-state index contributed by atoms with van der Waals surface area (Å²) in [4.78, 5) is 26.1. The number of amides is 1. The van der Waals surface area contributed by atoms with Crippen molar-refractivity contribution in [3.05, 3.63) is 83.4 Å². The Kier molecular flexibility index (Phi) is 13.3. The predicted molar refractivity (Wildman–Crippen MR) is 179 cm³/mol. The van der Waals surface area contributed by atoms with Crippen LogP contribution in [0.4, 0.5) is 23.2 Å². The monoisotopic (exact) mass is 684 g/mol. The third-order valence-electron chi connectivity index (χ3n) is 7.76. The number of carbonyl (C=O) groups is 2. The molecule has 1 heterocycles. The lowest BCUT2D eigenvalue weighted by atomic mass is 9.73. The molecule has 0 saturated heterocycles. The van der Waals surface area contributed by atoms with E-state index in [9.17, 15) is 27.5 Å². The summed E-state index contributed by atoms with van der Waals surface area (Å²) in [5.41, 5.74) is 0.818. The fourth-order valence-corrected chi connectivity index (χ4v) is 5.59. The molecule has 252 valence electrons. The molecule has 16 heteroatoms. The number of thiol groups is 1. The van der Waals surface area contributed by atoms with Crippen LogP contribution in [-0.4, -0.2) is 66.6 Å². The number of aryl methyl sites for hydroxylation is 2. The minimum Gasteiger partial charge on any atom is -0.483 e. The summed E-state index contributed by atoms with van der Waals surface area (Å²) in [6.07, 6.45) is -4.58. The number of nitrogens with zero attached hydrogens (tertiary/aromatic N) is 2. The van der Waals surface area contributed by atoms with Gasteiger partial charge in [0, 0.05) is 13.0 Å². The Labute approximate surface area is 283 Å². The molecule has 1 aliphatic rings. The number of aromatic nitrogens is 2. The van der Waals surface area contributed by atoms with Gasteiger partial charge in [0.2, 0.25) is 5.91 Å². The lowest BCUT2D eigenvalue weighted by Crippen LogP contribution is -2.42. The molecule has 0 aliphatic heterocycles. The fraction of sp³-hybridized carbons (Fsp3) is 0.344. The Morgan fingerprint density at radius 1 is 1.06 bits per heavy atom. The zero-order valence-electron chi connectivity index (χ0n) is 26.3. The third-order valence-corrected chi connectivity index (χ3v) is 7.76. The van der Waals surface area contributed by atoms with Crippen LogP contribution in [0.5, 0.6) is 0 Å². The van der Waals surface area contributed by atoms with E-state index in [1.165, 1.54) is 0 Å². The first-order chi connectivity index (χ1) is 22.5. The van der Waals surface area contributed by atoms with Crippen molar-refractivity contribution in [1.29, 1.82) is 0 Å². The lowest BCUT2D eigenvalue weighted by molar-refractivity contribution is -0.140. The first-order valence-corrected chi connectivity index (χ1v) is 15.0. The molecule has 3 aromatic carbocycles. The molecule has 4 aromatic rings. The van der Waals surface area contributed by atoms with Crippen molar-refractivity contribution >= 4 is 57.6 Å². The second-order valence-corrected chi connectivity index (χ2v) is 11.6. The van der Waals surface area contributed by atoms with Crippen molar-refractivity contribution in [3.8, 4) is 11.1 Å². The average Bonchev–Trinajstić information content (AvgIpc) is 3.29. The van der Waals surface area contributed by atoms with Gasteiger partial charge in [0.15, 0.2) is 0 Å². The van der Waals surface area contributed by atoms with Crippen LogP contribution in [0.3, 0.4) is 0 Å². The molecule has 1 saturated carbocycles. The van der Waals surface area contributed by atoms with Crippen LogP contribution in [0.15, 0.2) is 60.7 Å². The Morgan fingerprint density at radius 2 is 1.67 bits per heavy atom. The summed E-state index contributed by atoms with van der Waals surface area (Å²) in [6.45, 7) is 1.69. The highest BCUT2D eigenvalue weighted by atomic mass is 32.1. The van der Waals surface area contributed by atoms with Crippen LogP contribution in [0.25, 0.3) is 22.2 Å². The highest BCUT2D eigenvalue weighted by Gasteiger charge is 2.37. The molecule has 1 fully saturated rings. The van der Waals surface area contributed by atoms with Crippen molar-refractivity contribution in [2.45, 2.75) is 50.0 Å². The smallest absolute Gasteiger partial charge is 0.416 e. The summed E-state index contributed by atoms with van der Waals surface area (Å²) >= 11 is 3.54. The van der Waals surface area contributed by atoms with Crippen molar-refractivity contribution < 1.29 is 42.1 Å². The van der Waals surface area contributed by atoms with Crippen molar-refractivity contribution in [3.63, 3.8) is 0 Å². The van der Waals surface area contributed by atoms with Crippen LogP contribution in [-0.2, 0) is 27.5 Å². The van der Waals surface area contributed by atoms with E-state index < -0.39 is 41.1 Å².